The summed E-state index contributed by atoms with van der Waals surface area (Å²) < 4.78 is 16.3. The molecular weight excluding hydrogens is 320 g/mol. The van der Waals surface area contributed by atoms with Crippen molar-refractivity contribution in [3.8, 4) is 0 Å². The molecule has 0 unspecified atom stereocenters. The average molecular weight is 342 g/mol. The second kappa shape index (κ2) is 9.59. The zero-order valence-electron chi connectivity index (χ0n) is 14.4. The van der Waals surface area contributed by atoms with Crippen LogP contribution in [0.15, 0.2) is 60.7 Å². The van der Waals surface area contributed by atoms with Crippen LogP contribution < -0.4 is 0 Å². The summed E-state index contributed by atoms with van der Waals surface area (Å²) in [5, 5.41) is 0. The third-order valence-electron chi connectivity index (χ3n) is 3.48. The summed E-state index contributed by atoms with van der Waals surface area (Å²) in [6.07, 6.45) is -0.934. The maximum absolute atomic E-state index is 11.1. The largest absolute Gasteiger partial charge is 0.463 e. The van der Waals surface area contributed by atoms with Crippen LogP contribution in [-0.2, 0) is 23.8 Å². The van der Waals surface area contributed by atoms with Crippen molar-refractivity contribution in [2.75, 3.05) is 13.2 Å². The van der Waals surface area contributed by atoms with Crippen LogP contribution in [0.5, 0.6) is 0 Å². The number of benzene rings is 2. The Hall–Kier alpha value is -2.66. The molecule has 0 N–H and O–H groups in total. The minimum absolute atomic E-state index is 0.0127. The predicted octanol–water partition coefficient (Wildman–Crippen LogP) is 3.29. The van der Waals surface area contributed by atoms with E-state index < -0.39 is 18.0 Å². The lowest BCUT2D eigenvalue weighted by Gasteiger charge is -2.25. The molecule has 0 atom stereocenters. The third-order valence-corrected chi connectivity index (χ3v) is 3.48. The van der Waals surface area contributed by atoms with Gasteiger partial charge in [-0.1, -0.05) is 60.7 Å². The molecule has 2 aromatic rings. The molecule has 5 heteroatoms. The van der Waals surface area contributed by atoms with Crippen LogP contribution in [0.3, 0.4) is 0 Å². The molecule has 0 aliphatic rings. The van der Waals surface area contributed by atoms with E-state index in [4.69, 9.17) is 14.2 Å². The van der Waals surface area contributed by atoms with Gasteiger partial charge in [0.15, 0.2) is 0 Å². The van der Waals surface area contributed by atoms with Gasteiger partial charge in [-0.05, 0) is 11.1 Å². The van der Waals surface area contributed by atoms with Crippen LogP contribution >= 0.6 is 0 Å². The van der Waals surface area contributed by atoms with Crippen molar-refractivity contribution in [1.82, 2.24) is 0 Å². The van der Waals surface area contributed by atoms with Crippen LogP contribution in [0, 0.1) is 0 Å². The molecule has 0 bridgehead atoms. The van der Waals surface area contributed by atoms with Gasteiger partial charge in [0.2, 0.25) is 0 Å². The maximum Gasteiger partial charge on any atom is 0.302 e. The predicted molar refractivity (Wildman–Crippen MR) is 92.9 cm³/mol. The normalized spacial score (nSPS) is 10.7. The quantitative estimate of drug-likeness (QED) is 0.689. The summed E-state index contributed by atoms with van der Waals surface area (Å²) in [5.74, 6) is -0.820. The Morgan fingerprint density at radius 2 is 1.16 bits per heavy atom. The zero-order chi connectivity index (χ0) is 18.1. The Kier molecular flexibility index (Phi) is 7.16. The molecule has 5 nitrogen and oxygen atoms in total. The van der Waals surface area contributed by atoms with Crippen molar-refractivity contribution in [1.29, 1.82) is 0 Å². The van der Waals surface area contributed by atoms with Crippen molar-refractivity contribution in [2.24, 2.45) is 0 Å². The van der Waals surface area contributed by atoms with Gasteiger partial charge in [0.25, 0.3) is 0 Å². The Labute approximate surface area is 147 Å². The molecule has 0 aliphatic carbocycles. The fourth-order valence-corrected chi connectivity index (χ4v) is 2.34. The summed E-state index contributed by atoms with van der Waals surface area (Å²) >= 11 is 0. The molecule has 2 rings (SSSR count). The van der Waals surface area contributed by atoms with E-state index in [-0.39, 0.29) is 19.3 Å². The standard InChI is InChI=1S/C20H22O5/c1-15(21)23-13-19(14-24-16(2)22)25-20(17-9-5-3-6-10-17)18-11-7-4-8-12-18/h3-12,19-20H,13-14H2,1-2H3. The van der Waals surface area contributed by atoms with Crippen LogP contribution in [0.25, 0.3) is 0 Å². The fraction of sp³-hybridized carbons (Fsp3) is 0.300. The zero-order valence-corrected chi connectivity index (χ0v) is 14.4. The van der Waals surface area contributed by atoms with E-state index in [1.54, 1.807) is 0 Å². The molecule has 132 valence electrons. The van der Waals surface area contributed by atoms with Gasteiger partial charge in [-0.3, -0.25) is 9.59 Å². The Morgan fingerprint density at radius 3 is 1.52 bits per heavy atom. The van der Waals surface area contributed by atoms with E-state index in [2.05, 4.69) is 0 Å². The molecule has 25 heavy (non-hydrogen) atoms. The highest BCUT2D eigenvalue weighted by Crippen LogP contribution is 2.27. The van der Waals surface area contributed by atoms with Gasteiger partial charge in [0, 0.05) is 13.8 Å². The van der Waals surface area contributed by atoms with Crippen LogP contribution in [-0.4, -0.2) is 31.3 Å². The minimum atomic E-state index is -0.571. The van der Waals surface area contributed by atoms with E-state index in [9.17, 15) is 9.59 Å². The number of carbonyl (C=O) groups excluding carboxylic acids is 2. The summed E-state index contributed by atoms with van der Waals surface area (Å²) in [5.41, 5.74) is 1.92. The number of esters is 2. The van der Waals surface area contributed by atoms with Crippen molar-refractivity contribution in [3.05, 3.63) is 71.8 Å². The monoisotopic (exact) mass is 342 g/mol. The van der Waals surface area contributed by atoms with Crippen molar-refractivity contribution in [2.45, 2.75) is 26.1 Å². The first-order chi connectivity index (χ1) is 12.1. The lowest BCUT2D eigenvalue weighted by molar-refractivity contribution is -0.154. The van der Waals surface area contributed by atoms with E-state index in [1.165, 1.54) is 13.8 Å². The lowest BCUT2D eigenvalue weighted by Crippen LogP contribution is -2.29. The molecule has 2 aromatic carbocycles. The van der Waals surface area contributed by atoms with Gasteiger partial charge in [-0.25, -0.2) is 0 Å². The topological polar surface area (TPSA) is 61.8 Å². The second-order valence-electron chi connectivity index (χ2n) is 5.56. The summed E-state index contributed by atoms with van der Waals surface area (Å²) in [6.45, 7) is 2.68. The molecule has 0 fully saturated rings. The average Bonchev–Trinajstić information content (AvgIpc) is 2.62. The first-order valence-corrected chi connectivity index (χ1v) is 8.08. The van der Waals surface area contributed by atoms with Crippen molar-refractivity contribution >= 4 is 11.9 Å². The maximum atomic E-state index is 11.1. The summed E-state index contributed by atoms with van der Waals surface area (Å²) in [7, 11) is 0. The molecule has 0 saturated heterocycles. The van der Waals surface area contributed by atoms with E-state index in [0.717, 1.165) is 11.1 Å². The van der Waals surface area contributed by atoms with Gasteiger partial charge in [-0.15, -0.1) is 0 Å². The molecule has 0 amide bonds. The molecule has 0 heterocycles. The number of carbonyl (C=O) groups is 2. The number of ether oxygens (including phenoxy) is 3. The Bertz CT molecular complexity index is 612. The SMILES string of the molecule is CC(=O)OCC(COC(C)=O)OC(c1ccccc1)c1ccccc1. The number of hydrogen-bond acceptors (Lipinski definition) is 5. The van der Waals surface area contributed by atoms with E-state index >= 15 is 0 Å². The molecule has 0 aromatic heterocycles. The van der Waals surface area contributed by atoms with Crippen LogP contribution in [0.2, 0.25) is 0 Å². The fourth-order valence-electron chi connectivity index (χ4n) is 2.34. The van der Waals surface area contributed by atoms with Gasteiger partial charge in [0.05, 0.1) is 0 Å². The summed E-state index contributed by atoms with van der Waals surface area (Å²) in [6, 6.07) is 19.5. The Balaban J connectivity index is 2.21. The smallest absolute Gasteiger partial charge is 0.302 e. The second-order valence-corrected chi connectivity index (χ2v) is 5.56. The number of rotatable bonds is 8. The molecule has 0 spiro atoms. The summed E-state index contributed by atoms with van der Waals surface area (Å²) in [4.78, 5) is 22.3. The van der Waals surface area contributed by atoms with E-state index in [0.29, 0.717) is 0 Å². The first kappa shape index (κ1) is 18.7. The van der Waals surface area contributed by atoms with Gasteiger partial charge < -0.3 is 14.2 Å². The minimum Gasteiger partial charge on any atom is -0.463 e. The first-order valence-electron chi connectivity index (χ1n) is 8.08. The molecule has 0 radical (unpaired) electrons. The lowest BCUT2D eigenvalue weighted by atomic mass is 10.0. The Morgan fingerprint density at radius 1 is 0.760 bits per heavy atom. The van der Waals surface area contributed by atoms with Gasteiger partial charge in [-0.2, -0.15) is 0 Å². The van der Waals surface area contributed by atoms with Crippen molar-refractivity contribution < 1.29 is 23.8 Å². The highest BCUT2D eigenvalue weighted by atomic mass is 16.6. The van der Waals surface area contributed by atoms with E-state index in [1.807, 2.05) is 60.7 Å². The highest BCUT2D eigenvalue weighted by molar-refractivity contribution is 5.66. The van der Waals surface area contributed by atoms with Gasteiger partial charge >= 0.3 is 11.9 Å². The molecule has 0 saturated carbocycles. The van der Waals surface area contributed by atoms with Gasteiger partial charge in [0.1, 0.15) is 25.4 Å². The molecular formula is C20H22O5. The van der Waals surface area contributed by atoms with Crippen molar-refractivity contribution in [3.63, 3.8) is 0 Å². The van der Waals surface area contributed by atoms with Crippen LogP contribution in [0.1, 0.15) is 31.1 Å². The highest BCUT2D eigenvalue weighted by Gasteiger charge is 2.22. The number of hydrogen-bond donors (Lipinski definition) is 0. The third kappa shape index (κ3) is 6.39. The molecule has 0 aliphatic heterocycles. The van der Waals surface area contributed by atoms with Crippen LogP contribution in [0.4, 0.5) is 0 Å².